The number of pyridine rings is 1. The average Bonchev–Trinajstić information content (AvgIpc) is 3.08. The van der Waals surface area contributed by atoms with Crippen molar-refractivity contribution < 1.29 is 0 Å². The second-order valence-electron chi connectivity index (χ2n) is 4.59. The number of aryl methyl sites for hydroxylation is 2. The molecule has 3 aromatic rings. The molecular weight excluding hydrogens is 252 g/mol. The fraction of sp³-hybridized carbons (Fsp3) is 0.286. The highest BCUT2D eigenvalue weighted by molar-refractivity contribution is 5.56. The molecule has 0 atom stereocenters. The molecule has 0 radical (unpaired) electrons. The predicted octanol–water partition coefficient (Wildman–Crippen LogP) is 1.91. The van der Waals surface area contributed by atoms with Gasteiger partial charge in [0.2, 0.25) is 0 Å². The Kier molecular flexibility index (Phi) is 3.28. The molecule has 3 heterocycles. The largest absolute Gasteiger partial charge is 0.331 e. The summed E-state index contributed by atoms with van der Waals surface area (Å²) in [5.41, 5.74) is 3.87. The zero-order chi connectivity index (χ0) is 13.9. The van der Waals surface area contributed by atoms with Crippen molar-refractivity contribution in [3.8, 4) is 11.3 Å². The lowest BCUT2D eigenvalue weighted by Gasteiger charge is -1.98. The van der Waals surface area contributed by atoms with Crippen LogP contribution in [0.1, 0.15) is 18.3 Å². The van der Waals surface area contributed by atoms with E-state index in [0.717, 1.165) is 29.2 Å². The van der Waals surface area contributed by atoms with Gasteiger partial charge in [0.25, 0.3) is 0 Å². The molecule has 0 bridgehead atoms. The van der Waals surface area contributed by atoms with E-state index in [2.05, 4.69) is 20.2 Å². The quantitative estimate of drug-likeness (QED) is 0.725. The van der Waals surface area contributed by atoms with E-state index in [9.17, 15) is 0 Å². The maximum absolute atomic E-state index is 4.45. The molecule has 3 rings (SSSR count). The summed E-state index contributed by atoms with van der Waals surface area (Å²) in [4.78, 5) is 10.2. The van der Waals surface area contributed by atoms with Gasteiger partial charge in [0.05, 0.1) is 30.8 Å². The summed E-state index contributed by atoms with van der Waals surface area (Å²) < 4.78 is 2.01. The van der Waals surface area contributed by atoms with Gasteiger partial charge in [-0.05, 0) is 26.0 Å². The van der Waals surface area contributed by atoms with Gasteiger partial charge in [0.15, 0.2) is 0 Å². The zero-order valence-corrected chi connectivity index (χ0v) is 11.6. The van der Waals surface area contributed by atoms with Crippen LogP contribution in [0.25, 0.3) is 11.3 Å². The maximum Gasteiger partial charge on any atom is 0.105 e. The standard InChI is InChI=1S/C14H16N6/c1-3-20-17-11(2)13(18-20)8-19-9-14(16-10-19)12-5-4-6-15-7-12/h4-7,9-10H,3,8H2,1-2H3. The van der Waals surface area contributed by atoms with Gasteiger partial charge in [0.1, 0.15) is 5.69 Å². The number of hydrogen-bond acceptors (Lipinski definition) is 4. The molecule has 0 aliphatic heterocycles. The minimum atomic E-state index is 0.680. The van der Waals surface area contributed by atoms with Crippen LogP contribution < -0.4 is 0 Å². The van der Waals surface area contributed by atoms with Crippen LogP contribution in [0.4, 0.5) is 0 Å². The van der Waals surface area contributed by atoms with Gasteiger partial charge in [-0.1, -0.05) is 0 Å². The van der Waals surface area contributed by atoms with Crippen molar-refractivity contribution in [1.29, 1.82) is 0 Å². The Bertz CT molecular complexity index is 698. The van der Waals surface area contributed by atoms with E-state index in [4.69, 9.17) is 0 Å². The highest BCUT2D eigenvalue weighted by atomic mass is 15.5. The van der Waals surface area contributed by atoms with E-state index >= 15 is 0 Å². The summed E-state index contributed by atoms with van der Waals surface area (Å²) >= 11 is 0. The van der Waals surface area contributed by atoms with Gasteiger partial charge in [-0.2, -0.15) is 15.0 Å². The van der Waals surface area contributed by atoms with Crippen LogP contribution in [0.5, 0.6) is 0 Å². The Hall–Kier alpha value is -2.50. The molecule has 0 amide bonds. The van der Waals surface area contributed by atoms with E-state index in [1.807, 2.05) is 49.3 Å². The SMILES string of the molecule is CCn1nc(C)c(Cn2cnc(-c3cccnc3)c2)n1. The monoisotopic (exact) mass is 268 g/mol. The molecule has 0 aliphatic rings. The lowest BCUT2D eigenvalue weighted by molar-refractivity contribution is 0.558. The highest BCUT2D eigenvalue weighted by Gasteiger charge is 2.08. The van der Waals surface area contributed by atoms with Crippen molar-refractivity contribution in [1.82, 2.24) is 29.5 Å². The lowest BCUT2D eigenvalue weighted by Crippen LogP contribution is -2.01. The smallest absolute Gasteiger partial charge is 0.105 e. The molecule has 0 aromatic carbocycles. The molecule has 6 heteroatoms. The van der Waals surface area contributed by atoms with Crippen LogP contribution in [-0.2, 0) is 13.1 Å². The summed E-state index contributed by atoms with van der Waals surface area (Å²) in [5.74, 6) is 0. The Morgan fingerprint density at radius 2 is 2.15 bits per heavy atom. The van der Waals surface area contributed by atoms with Gasteiger partial charge >= 0.3 is 0 Å². The Morgan fingerprint density at radius 1 is 1.25 bits per heavy atom. The minimum Gasteiger partial charge on any atom is -0.331 e. The summed E-state index contributed by atoms with van der Waals surface area (Å²) in [5, 5.41) is 8.80. The molecular formula is C14H16N6. The third kappa shape index (κ3) is 2.45. The van der Waals surface area contributed by atoms with Crippen molar-refractivity contribution in [2.24, 2.45) is 0 Å². The topological polar surface area (TPSA) is 61.4 Å². The zero-order valence-electron chi connectivity index (χ0n) is 11.6. The second kappa shape index (κ2) is 5.24. The van der Waals surface area contributed by atoms with Crippen LogP contribution in [0.15, 0.2) is 37.1 Å². The Balaban J connectivity index is 1.82. The molecule has 0 saturated carbocycles. The third-order valence-electron chi connectivity index (χ3n) is 3.12. The first kappa shape index (κ1) is 12.5. The van der Waals surface area contributed by atoms with E-state index in [1.165, 1.54) is 0 Å². The fourth-order valence-corrected chi connectivity index (χ4v) is 2.04. The van der Waals surface area contributed by atoms with Crippen molar-refractivity contribution in [2.75, 3.05) is 0 Å². The molecule has 0 aliphatic carbocycles. The van der Waals surface area contributed by atoms with E-state index < -0.39 is 0 Å². The van der Waals surface area contributed by atoms with Crippen molar-refractivity contribution in [2.45, 2.75) is 26.9 Å². The van der Waals surface area contributed by atoms with E-state index in [-0.39, 0.29) is 0 Å². The van der Waals surface area contributed by atoms with Crippen molar-refractivity contribution >= 4 is 0 Å². The molecule has 20 heavy (non-hydrogen) atoms. The molecule has 0 N–H and O–H groups in total. The molecule has 3 aromatic heterocycles. The van der Waals surface area contributed by atoms with E-state index in [0.29, 0.717) is 6.54 Å². The first-order valence-corrected chi connectivity index (χ1v) is 6.59. The number of hydrogen-bond donors (Lipinski definition) is 0. The first-order chi connectivity index (χ1) is 9.76. The summed E-state index contributed by atoms with van der Waals surface area (Å²) in [7, 11) is 0. The lowest BCUT2D eigenvalue weighted by atomic mass is 10.2. The van der Waals surface area contributed by atoms with Gasteiger partial charge in [-0.15, -0.1) is 0 Å². The first-order valence-electron chi connectivity index (χ1n) is 6.59. The summed E-state index contributed by atoms with van der Waals surface area (Å²) in [6.45, 7) is 5.47. The van der Waals surface area contributed by atoms with Crippen LogP contribution >= 0.6 is 0 Å². The average molecular weight is 268 g/mol. The van der Waals surface area contributed by atoms with Crippen molar-refractivity contribution in [3.63, 3.8) is 0 Å². The summed E-state index contributed by atoms with van der Waals surface area (Å²) in [6.07, 6.45) is 7.38. The number of nitrogens with zero attached hydrogens (tertiary/aromatic N) is 6. The van der Waals surface area contributed by atoms with Crippen molar-refractivity contribution in [3.05, 3.63) is 48.4 Å². The number of imidazole rings is 1. The molecule has 0 unspecified atom stereocenters. The number of aromatic nitrogens is 6. The Morgan fingerprint density at radius 3 is 2.85 bits per heavy atom. The van der Waals surface area contributed by atoms with Gasteiger partial charge in [-0.25, -0.2) is 4.98 Å². The van der Waals surface area contributed by atoms with Crippen LogP contribution in [0, 0.1) is 6.92 Å². The molecule has 0 saturated heterocycles. The molecule has 6 nitrogen and oxygen atoms in total. The predicted molar refractivity (Wildman–Crippen MR) is 75.0 cm³/mol. The van der Waals surface area contributed by atoms with Crippen LogP contribution in [-0.4, -0.2) is 29.5 Å². The second-order valence-corrected chi connectivity index (χ2v) is 4.59. The van der Waals surface area contributed by atoms with E-state index in [1.54, 1.807) is 11.0 Å². The van der Waals surface area contributed by atoms with Crippen LogP contribution in [0.2, 0.25) is 0 Å². The number of rotatable bonds is 4. The minimum absolute atomic E-state index is 0.680. The van der Waals surface area contributed by atoms with Gasteiger partial charge in [0, 0.05) is 24.2 Å². The van der Waals surface area contributed by atoms with Crippen LogP contribution in [0.3, 0.4) is 0 Å². The normalized spacial score (nSPS) is 10.9. The maximum atomic E-state index is 4.45. The van der Waals surface area contributed by atoms with Gasteiger partial charge in [-0.3, -0.25) is 4.98 Å². The fourth-order valence-electron chi connectivity index (χ4n) is 2.04. The van der Waals surface area contributed by atoms with Gasteiger partial charge < -0.3 is 4.57 Å². The highest BCUT2D eigenvalue weighted by Crippen LogP contribution is 2.15. The molecule has 102 valence electrons. The third-order valence-corrected chi connectivity index (χ3v) is 3.12. The Labute approximate surface area is 117 Å². The molecule has 0 fully saturated rings. The molecule has 0 spiro atoms. The summed E-state index contributed by atoms with van der Waals surface area (Å²) in [6, 6.07) is 3.91.